The van der Waals surface area contributed by atoms with Crippen molar-refractivity contribution in [2.75, 3.05) is 7.11 Å². The van der Waals surface area contributed by atoms with E-state index in [1.165, 1.54) is 19.3 Å². The SMILES string of the molecule is COc1ncccc1-c1noc(C2CCCCC2)n1. The van der Waals surface area contributed by atoms with Crippen LogP contribution in [0.4, 0.5) is 0 Å². The van der Waals surface area contributed by atoms with E-state index in [9.17, 15) is 0 Å². The van der Waals surface area contributed by atoms with Crippen LogP contribution >= 0.6 is 0 Å². The molecule has 5 nitrogen and oxygen atoms in total. The van der Waals surface area contributed by atoms with Crippen molar-refractivity contribution in [1.29, 1.82) is 0 Å². The Morgan fingerprint density at radius 1 is 1.26 bits per heavy atom. The number of hydrogen-bond acceptors (Lipinski definition) is 5. The summed E-state index contributed by atoms with van der Waals surface area (Å²) >= 11 is 0. The van der Waals surface area contributed by atoms with Gasteiger partial charge in [-0.15, -0.1) is 0 Å². The molecule has 0 N–H and O–H groups in total. The summed E-state index contributed by atoms with van der Waals surface area (Å²) < 4.78 is 10.6. The largest absolute Gasteiger partial charge is 0.480 e. The highest BCUT2D eigenvalue weighted by Crippen LogP contribution is 2.33. The van der Waals surface area contributed by atoms with E-state index in [-0.39, 0.29) is 0 Å². The molecule has 1 saturated carbocycles. The van der Waals surface area contributed by atoms with Gasteiger partial charge < -0.3 is 9.26 Å². The Hall–Kier alpha value is -1.91. The summed E-state index contributed by atoms with van der Waals surface area (Å²) in [5.74, 6) is 2.25. The molecule has 100 valence electrons. The molecular weight excluding hydrogens is 242 g/mol. The van der Waals surface area contributed by atoms with E-state index in [1.54, 1.807) is 13.3 Å². The number of ether oxygens (including phenoxy) is 1. The minimum atomic E-state index is 0.415. The fraction of sp³-hybridized carbons (Fsp3) is 0.500. The predicted octanol–water partition coefficient (Wildman–Crippen LogP) is 3.19. The van der Waals surface area contributed by atoms with Crippen molar-refractivity contribution in [3.8, 4) is 17.3 Å². The molecule has 3 rings (SSSR count). The molecule has 1 aliphatic carbocycles. The summed E-state index contributed by atoms with van der Waals surface area (Å²) in [6.45, 7) is 0. The summed E-state index contributed by atoms with van der Waals surface area (Å²) in [4.78, 5) is 8.67. The third-order valence-corrected chi connectivity index (χ3v) is 3.60. The van der Waals surface area contributed by atoms with Crippen molar-refractivity contribution >= 4 is 0 Å². The van der Waals surface area contributed by atoms with Gasteiger partial charge in [0.2, 0.25) is 17.6 Å². The van der Waals surface area contributed by atoms with Crippen molar-refractivity contribution in [3.05, 3.63) is 24.2 Å². The molecule has 2 heterocycles. The number of methoxy groups -OCH3 is 1. The van der Waals surface area contributed by atoms with Gasteiger partial charge in [0.1, 0.15) is 0 Å². The molecule has 1 fully saturated rings. The molecule has 0 spiro atoms. The Balaban J connectivity index is 1.88. The molecule has 0 aromatic carbocycles. The van der Waals surface area contributed by atoms with E-state index < -0.39 is 0 Å². The van der Waals surface area contributed by atoms with Crippen LogP contribution in [-0.4, -0.2) is 22.2 Å². The van der Waals surface area contributed by atoms with Gasteiger partial charge in [-0.3, -0.25) is 0 Å². The smallest absolute Gasteiger partial charge is 0.230 e. The molecule has 2 aromatic rings. The number of pyridine rings is 1. The molecule has 0 saturated heterocycles. The first-order valence-electron chi connectivity index (χ1n) is 6.71. The third kappa shape index (κ3) is 2.45. The van der Waals surface area contributed by atoms with Gasteiger partial charge in [-0.2, -0.15) is 4.98 Å². The molecule has 5 heteroatoms. The van der Waals surface area contributed by atoms with E-state index in [1.807, 2.05) is 12.1 Å². The summed E-state index contributed by atoms with van der Waals surface area (Å²) in [7, 11) is 1.59. The monoisotopic (exact) mass is 259 g/mol. The van der Waals surface area contributed by atoms with Crippen LogP contribution < -0.4 is 4.74 Å². The molecule has 0 amide bonds. The minimum Gasteiger partial charge on any atom is -0.480 e. The normalized spacial score (nSPS) is 16.5. The second-order valence-corrected chi connectivity index (χ2v) is 4.85. The molecule has 0 aliphatic heterocycles. The Kier molecular flexibility index (Phi) is 3.44. The van der Waals surface area contributed by atoms with Crippen LogP contribution in [0.2, 0.25) is 0 Å². The van der Waals surface area contributed by atoms with Crippen LogP contribution in [0.3, 0.4) is 0 Å². The van der Waals surface area contributed by atoms with Gasteiger partial charge in [0.25, 0.3) is 0 Å². The van der Waals surface area contributed by atoms with Gasteiger partial charge in [-0.1, -0.05) is 24.4 Å². The summed E-state index contributed by atoms with van der Waals surface area (Å²) in [6.07, 6.45) is 7.78. The third-order valence-electron chi connectivity index (χ3n) is 3.60. The zero-order chi connectivity index (χ0) is 13.1. The number of aromatic nitrogens is 3. The van der Waals surface area contributed by atoms with Crippen molar-refractivity contribution < 1.29 is 9.26 Å². The quantitative estimate of drug-likeness (QED) is 0.847. The zero-order valence-electron chi connectivity index (χ0n) is 11.0. The molecule has 0 atom stereocenters. The zero-order valence-corrected chi connectivity index (χ0v) is 11.0. The van der Waals surface area contributed by atoms with Crippen molar-refractivity contribution in [3.63, 3.8) is 0 Å². The number of nitrogens with zero attached hydrogens (tertiary/aromatic N) is 3. The van der Waals surface area contributed by atoms with Gasteiger partial charge in [0.15, 0.2) is 0 Å². The fourth-order valence-electron chi connectivity index (χ4n) is 2.58. The van der Waals surface area contributed by atoms with Crippen LogP contribution in [0.5, 0.6) is 5.88 Å². The lowest BCUT2D eigenvalue weighted by molar-refractivity contribution is 0.314. The summed E-state index contributed by atoms with van der Waals surface area (Å²) in [5.41, 5.74) is 0.774. The van der Waals surface area contributed by atoms with E-state index in [0.29, 0.717) is 17.6 Å². The minimum absolute atomic E-state index is 0.415. The maximum Gasteiger partial charge on any atom is 0.230 e. The number of hydrogen-bond donors (Lipinski definition) is 0. The Labute approximate surface area is 112 Å². The van der Waals surface area contributed by atoms with Gasteiger partial charge >= 0.3 is 0 Å². The highest BCUT2D eigenvalue weighted by Gasteiger charge is 2.22. The van der Waals surface area contributed by atoms with Crippen LogP contribution in [0.15, 0.2) is 22.9 Å². The molecule has 0 radical (unpaired) electrons. The lowest BCUT2D eigenvalue weighted by Gasteiger charge is -2.17. The van der Waals surface area contributed by atoms with Gasteiger partial charge in [-0.25, -0.2) is 4.98 Å². The summed E-state index contributed by atoms with van der Waals surface area (Å²) in [6, 6.07) is 3.73. The molecule has 0 bridgehead atoms. The maximum absolute atomic E-state index is 5.41. The maximum atomic E-state index is 5.41. The molecule has 0 unspecified atom stereocenters. The van der Waals surface area contributed by atoms with Gasteiger partial charge in [-0.05, 0) is 25.0 Å². The van der Waals surface area contributed by atoms with Gasteiger partial charge in [0, 0.05) is 12.1 Å². The average Bonchev–Trinajstić information content (AvgIpc) is 2.98. The van der Waals surface area contributed by atoms with Crippen molar-refractivity contribution in [1.82, 2.24) is 15.1 Å². The second kappa shape index (κ2) is 5.38. The van der Waals surface area contributed by atoms with E-state index in [2.05, 4.69) is 15.1 Å². The average molecular weight is 259 g/mol. The van der Waals surface area contributed by atoms with E-state index >= 15 is 0 Å². The Bertz CT molecular complexity index is 547. The Morgan fingerprint density at radius 2 is 2.11 bits per heavy atom. The lowest BCUT2D eigenvalue weighted by Crippen LogP contribution is -2.04. The lowest BCUT2D eigenvalue weighted by atomic mass is 9.89. The highest BCUT2D eigenvalue weighted by molar-refractivity contribution is 5.60. The van der Waals surface area contributed by atoms with Crippen LogP contribution in [0, 0.1) is 0 Å². The van der Waals surface area contributed by atoms with E-state index in [0.717, 1.165) is 24.3 Å². The molecule has 2 aromatic heterocycles. The van der Waals surface area contributed by atoms with Gasteiger partial charge in [0.05, 0.1) is 12.7 Å². The van der Waals surface area contributed by atoms with Crippen molar-refractivity contribution in [2.24, 2.45) is 0 Å². The van der Waals surface area contributed by atoms with E-state index in [4.69, 9.17) is 9.26 Å². The second-order valence-electron chi connectivity index (χ2n) is 4.85. The van der Waals surface area contributed by atoms with Crippen LogP contribution in [0.25, 0.3) is 11.4 Å². The van der Waals surface area contributed by atoms with Crippen LogP contribution in [0.1, 0.15) is 43.9 Å². The van der Waals surface area contributed by atoms with Crippen LogP contribution in [-0.2, 0) is 0 Å². The molecule has 1 aliphatic rings. The first-order chi connectivity index (χ1) is 9.38. The first-order valence-corrected chi connectivity index (χ1v) is 6.71. The fourth-order valence-corrected chi connectivity index (χ4v) is 2.58. The highest BCUT2D eigenvalue weighted by atomic mass is 16.5. The van der Waals surface area contributed by atoms with Crippen molar-refractivity contribution in [2.45, 2.75) is 38.0 Å². The Morgan fingerprint density at radius 3 is 2.89 bits per heavy atom. The summed E-state index contributed by atoms with van der Waals surface area (Å²) in [5, 5.41) is 4.06. The first kappa shape index (κ1) is 12.1. The predicted molar refractivity (Wildman–Crippen MR) is 69.9 cm³/mol. The standard InChI is InChI=1S/C14H17N3O2/c1-18-14-11(8-5-9-15-14)12-16-13(19-17-12)10-6-3-2-4-7-10/h5,8-10H,2-4,6-7H2,1H3. The molecular formula is C14H17N3O2. The number of rotatable bonds is 3. The topological polar surface area (TPSA) is 61.0 Å². The molecule has 19 heavy (non-hydrogen) atoms.